The standard InChI is InChI=1S/C22H22F3N3O2/c1-13-9-17(10-14(2)26-13)20-19-7-8-29-15(3)12-28(19)21(27-20)16-5-4-6-18(11-16)30-22(23,24)25/h4-6,9-11,15H,7-8,12H2,1-3H3/t15-/m1/s1. The lowest BCUT2D eigenvalue weighted by atomic mass is 10.1. The third-order valence-electron chi connectivity index (χ3n) is 4.93. The Morgan fingerprint density at radius 2 is 1.80 bits per heavy atom. The predicted octanol–water partition coefficient (Wildman–Crippen LogP) is 5.09. The summed E-state index contributed by atoms with van der Waals surface area (Å²) in [6.45, 7) is 6.94. The number of halogens is 3. The topological polar surface area (TPSA) is 49.2 Å². The van der Waals surface area contributed by atoms with E-state index in [0.29, 0.717) is 31.0 Å². The van der Waals surface area contributed by atoms with Crippen molar-refractivity contribution in [3.8, 4) is 28.4 Å². The number of alkyl halides is 3. The van der Waals surface area contributed by atoms with Crippen molar-refractivity contribution < 1.29 is 22.6 Å². The highest BCUT2D eigenvalue weighted by Gasteiger charge is 2.31. The fraction of sp³-hybridized carbons (Fsp3) is 0.364. The van der Waals surface area contributed by atoms with Crippen LogP contribution in [0.5, 0.6) is 5.75 Å². The van der Waals surface area contributed by atoms with Gasteiger partial charge in [-0.2, -0.15) is 0 Å². The van der Waals surface area contributed by atoms with Gasteiger partial charge in [0.1, 0.15) is 11.6 Å². The maximum atomic E-state index is 12.7. The van der Waals surface area contributed by atoms with Gasteiger partial charge in [-0.1, -0.05) is 12.1 Å². The van der Waals surface area contributed by atoms with Crippen molar-refractivity contribution in [3.05, 3.63) is 53.5 Å². The molecule has 0 amide bonds. The van der Waals surface area contributed by atoms with E-state index in [2.05, 4.69) is 9.72 Å². The Balaban J connectivity index is 1.86. The van der Waals surface area contributed by atoms with Crippen LogP contribution < -0.4 is 4.74 Å². The Bertz CT molecular complexity index is 1060. The van der Waals surface area contributed by atoms with Crippen LogP contribution in [-0.2, 0) is 17.7 Å². The highest BCUT2D eigenvalue weighted by Crippen LogP contribution is 2.34. The fourth-order valence-corrected chi connectivity index (χ4v) is 3.86. The molecule has 0 saturated carbocycles. The van der Waals surface area contributed by atoms with Crippen molar-refractivity contribution in [2.24, 2.45) is 0 Å². The first-order chi connectivity index (χ1) is 14.2. The van der Waals surface area contributed by atoms with Crippen LogP contribution in [0.15, 0.2) is 36.4 Å². The van der Waals surface area contributed by atoms with Crippen molar-refractivity contribution in [2.45, 2.75) is 46.2 Å². The summed E-state index contributed by atoms with van der Waals surface area (Å²) < 4.78 is 50.0. The normalized spacial score (nSPS) is 16.8. The summed E-state index contributed by atoms with van der Waals surface area (Å²) in [7, 11) is 0. The molecule has 0 bridgehead atoms. The third-order valence-corrected chi connectivity index (χ3v) is 4.93. The Morgan fingerprint density at radius 1 is 1.07 bits per heavy atom. The van der Waals surface area contributed by atoms with E-state index in [-0.39, 0.29) is 11.9 Å². The smallest absolute Gasteiger partial charge is 0.406 e. The molecular formula is C22H22F3N3O2. The van der Waals surface area contributed by atoms with Gasteiger partial charge >= 0.3 is 6.36 Å². The lowest BCUT2D eigenvalue weighted by Gasteiger charge is -2.14. The second-order valence-corrected chi connectivity index (χ2v) is 7.49. The van der Waals surface area contributed by atoms with Gasteiger partial charge in [0.2, 0.25) is 0 Å². The average molecular weight is 417 g/mol. The van der Waals surface area contributed by atoms with Crippen LogP contribution in [0.2, 0.25) is 0 Å². The highest BCUT2D eigenvalue weighted by atomic mass is 19.4. The van der Waals surface area contributed by atoms with Gasteiger partial charge in [-0.15, -0.1) is 13.2 Å². The number of fused-ring (bicyclic) bond motifs is 1. The molecule has 3 aromatic rings. The molecule has 0 unspecified atom stereocenters. The van der Waals surface area contributed by atoms with Crippen LogP contribution in [0.4, 0.5) is 13.2 Å². The largest absolute Gasteiger partial charge is 0.573 e. The van der Waals surface area contributed by atoms with Crippen LogP contribution in [0.3, 0.4) is 0 Å². The zero-order valence-corrected chi connectivity index (χ0v) is 17.0. The molecule has 0 saturated heterocycles. The van der Waals surface area contributed by atoms with Gasteiger partial charge in [-0.05, 0) is 45.0 Å². The first-order valence-electron chi connectivity index (χ1n) is 9.72. The van der Waals surface area contributed by atoms with Crippen molar-refractivity contribution in [1.29, 1.82) is 0 Å². The van der Waals surface area contributed by atoms with Crippen molar-refractivity contribution in [3.63, 3.8) is 0 Å². The molecule has 0 spiro atoms. The lowest BCUT2D eigenvalue weighted by Crippen LogP contribution is -2.17. The third kappa shape index (κ3) is 4.33. The Morgan fingerprint density at radius 3 is 2.50 bits per heavy atom. The molecular weight excluding hydrogens is 395 g/mol. The van der Waals surface area contributed by atoms with Gasteiger partial charge in [-0.3, -0.25) is 4.98 Å². The molecule has 1 aliphatic heterocycles. The van der Waals surface area contributed by atoms with Gasteiger partial charge < -0.3 is 14.0 Å². The summed E-state index contributed by atoms with van der Waals surface area (Å²) in [5, 5.41) is 0. The first kappa shape index (κ1) is 20.4. The van der Waals surface area contributed by atoms with Gasteiger partial charge in [0.15, 0.2) is 0 Å². The number of benzene rings is 1. The molecule has 0 N–H and O–H groups in total. The molecule has 5 nitrogen and oxygen atoms in total. The van der Waals surface area contributed by atoms with Crippen molar-refractivity contribution >= 4 is 0 Å². The van der Waals surface area contributed by atoms with Crippen molar-refractivity contribution in [1.82, 2.24) is 14.5 Å². The zero-order valence-electron chi connectivity index (χ0n) is 17.0. The number of hydrogen-bond acceptors (Lipinski definition) is 4. The highest BCUT2D eigenvalue weighted by molar-refractivity contribution is 5.69. The molecule has 0 fully saturated rings. The molecule has 8 heteroatoms. The minimum atomic E-state index is -4.75. The molecule has 4 rings (SSSR count). The molecule has 1 aromatic carbocycles. The van der Waals surface area contributed by atoms with Gasteiger partial charge in [0.05, 0.1) is 24.9 Å². The van der Waals surface area contributed by atoms with Gasteiger partial charge in [0, 0.05) is 34.6 Å². The minimum absolute atomic E-state index is 0.0393. The van der Waals surface area contributed by atoms with Crippen LogP contribution in [0.1, 0.15) is 24.0 Å². The second-order valence-electron chi connectivity index (χ2n) is 7.49. The molecule has 1 atom stereocenters. The first-order valence-corrected chi connectivity index (χ1v) is 9.72. The van der Waals surface area contributed by atoms with E-state index in [4.69, 9.17) is 9.72 Å². The number of ether oxygens (including phenoxy) is 2. The summed E-state index contributed by atoms with van der Waals surface area (Å²) in [4.78, 5) is 9.30. The number of pyridine rings is 1. The maximum Gasteiger partial charge on any atom is 0.573 e. The van der Waals surface area contributed by atoms with E-state index in [1.807, 2.05) is 37.5 Å². The molecule has 30 heavy (non-hydrogen) atoms. The zero-order chi connectivity index (χ0) is 21.5. The molecule has 0 radical (unpaired) electrons. The average Bonchev–Trinajstić information content (AvgIpc) is 2.87. The number of nitrogens with zero attached hydrogens (tertiary/aromatic N) is 3. The number of aryl methyl sites for hydroxylation is 2. The Hall–Kier alpha value is -2.87. The van der Waals surface area contributed by atoms with E-state index in [1.54, 1.807) is 6.07 Å². The quantitative estimate of drug-likeness (QED) is 0.596. The Labute approximate surface area is 172 Å². The van der Waals surface area contributed by atoms with E-state index in [0.717, 1.165) is 28.3 Å². The number of hydrogen-bond donors (Lipinski definition) is 0. The minimum Gasteiger partial charge on any atom is -0.406 e. The number of rotatable bonds is 3. The lowest BCUT2D eigenvalue weighted by molar-refractivity contribution is -0.274. The summed E-state index contributed by atoms with van der Waals surface area (Å²) in [6.07, 6.45) is -4.13. The summed E-state index contributed by atoms with van der Waals surface area (Å²) in [5.74, 6) is 0.324. The monoisotopic (exact) mass is 417 g/mol. The summed E-state index contributed by atoms with van der Waals surface area (Å²) >= 11 is 0. The summed E-state index contributed by atoms with van der Waals surface area (Å²) in [6, 6.07) is 9.87. The van der Waals surface area contributed by atoms with E-state index >= 15 is 0 Å². The van der Waals surface area contributed by atoms with E-state index in [9.17, 15) is 13.2 Å². The Kier molecular flexibility index (Phi) is 5.27. The SMILES string of the molecule is Cc1cc(-c2nc(-c3cccc(OC(F)(F)F)c3)n3c2CCO[C@H](C)C3)cc(C)n1. The molecule has 1 aliphatic rings. The van der Waals surface area contributed by atoms with E-state index < -0.39 is 6.36 Å². The molecule has 0 aliphatic carbocycles. The van der Waals surface area contributed by atoms with E-state index in [1.165, 1.54) is 18.2 Å². The van der Waals surface area contributed by atoms with Crippen molar-refractivity contribution in [2.75, 3.05) is 6.61 Å². The second kappa shape index (κ2) is 7.75. The van der Waals surface area contributed by atoms with Crippen LogP contribution >= 0.6 is 0 Å². The number of imidazole rings is 1. The molecule has 158 valence electrons. The van der Waals surface area contributed by atoms with Gasteiger partial charge in [0.25, 0.3) is 0 Å². The molecule has 2 aromatic heterocycles. The number of aromatic nitrogens is 3. The van der Waals surface area contributed by atoms with Crippen LogP contribution in [-0.4, -0.2) is 33.6 Å². The van der Waals surface area contributed by atoms with Gasteiger partial charge in [-0.25, -0.2) is 4.98 Å². The maximum absolute atomic E-state index is 12.7. The van der Waals surface area contributed by atoms with Crippen LogP contribution in [0, 0.1) is 13.8 Å². The fourth-order valence-electron chi connectivity index (χ4n) is 3.86. The van der Waals surface area contributed by atoms with Crippen LogP contribution in [0.25, 0.3) is 22.6 Å². The predicted molar refractivity (Wildman–Crippen MR) is 106 cm³/mol. The molecule has 3 heterocycles. The summed E-state index contributed by atoms with van der Waals surface area (Å²) in [5.41, 5.74) is 5.06.